The zero-order valence-electron chi connectivity index (χ0n) is 45.3. The summed E-state index contributed by atoms with van der Waals surface area (Å²) >= 11 is 0. The second-order valence-corrected chi connectivity index (χ2v) is 21.4. The second kappa shape index (κ2) is 52.8. The van der Waals surface area contributed by atoms with Gasteiger partial charge in [-0.15, -0.1) is 0 Å². The third-order valence-electron chi connectivity index (χ3n) is 14.1. The summed E-state index contributed by atoms with van der Waals surface area (Å²) in [5.74, 6) is 0.852. The van der Waals surface area contributed by atoms with Crippen molar-refractivity contribution in [2.45, 2.75) is 343 Å². The van der Waals surface area contributed by atoms with Crippen molar-refractivity contribution in [2.24, 2.45) is 11.8 Å². The van der Waals surface area contributed by atoms with Gasteiger partial charge in [0.25, 0.3) is 0 Å². The summed E-state index contributed by atoms with van der Waals surface area (Å²) < 4.78 is 16.9. The highest BCUT2D eigenvalue weighted by atomic mass is 16.6. The number of hydrogen-bond donors (Lipinski definition) is 0. The molecular formula is C60H116O6. The highest BCUT2D eigenvalue weighted by Crippen LogP contribution is 2.19. The van der Waals surface area contributed by atoms with Crippen molar-refractivity contribution in [3.8, 4) is 0 Å². The number of hydrogen-bond acceptors (Lipinski definition) is 6. The SMILES string of the molecule is CCCCCCCCCCCCCCCCCCCCCC(=O)O[C@@H](COC(=O)CCCCCCCCCCCCCCCCC(C)CC)COC(=O)CCCCCCCCCCC(C)C. The molecule has 0 aromatic rings. The van der Waals surface area contributed by atoms with Gasteiger partial charge >= 0.3 is 17.9 Å². The molecule has 0 saturated carbocycles. The Morgan fingerprint density at radius 3 is 0.864 bits per heavy atom. The molecule has 0 aliphatic carbocycles. The fourth-order valence-corrected chi connectivity index (χ4v) is 9.20. The Morgan fingerprint density at radius 1 is 0.318 bits per heavy atom. The van der Waals surface area contributed by atoms with Gasteiger partial charge in [0.2, 0.25) is 0 Å². The quantitative estimate of drug-likeness (QED) is 0.0343. The van der Waals surface area contributed by atoms with Crippen molar-refractivity contribution in [1.82, 2.24) is 0 Å². The van der Waals surface area contributed by atoms with Gasteiger partial charge < -0.3 is 14.2 Å². The molecule has 0 aliphatic heterocycles. The number of unbranched alkanes of at least 4 members (excludes halogenated alkanes) is 38. The molecule has 0 heterocycles. The van der Waals surface area contributed by atoms with Crippen LogP contribution in [0.1, 0.15) is 336 Å². The molecule has 0 rings (SSSR count). The lowest BCUT2D eigenvalue weighted by Gasteiger charge is -2.18. The van der Waals surface area contributed by atoms with Crippen molar-refractivity contribution in [2.75, 3.05) is 13.2 Å². The molecule has 0 aromatic heterocycles. The number of carbonyl (C=O) groups is 3. The Labute approximate surface area is 412 Å². The van der Waals surface area contributed by atoms with Crippen LogP contribution in [0, 0.1) is 11.8 Å². The third kappa shape index (κ3) is 51.8. The van der Waals surface area contributed by atoms with E-state index >= 15 is 0 Å². The van der Waals surface area contributed by atoms with Crippen LogP contribution < -0.4 is 0 Å². The largest absolute Gasteiger partial charge is 0.462 e. The van der Waals surface area contributed by atoms with Gasteiger partial charge in [0.15, 0.2) is 6.10 Å². The summed E-state index contributed by atoms with van der Waals surface area (Å²) in [4.78, 5) is 38.1. The molecule has 2 atom stereocenters. The summed E-state index contributed by atoms with van der Waals surface area (Å²) in [5, 5.41) is 0. The van der Waals surface area contributed by atoms with Crippen LogP contribution in [0.15, 0.2) is 0 Å². The van der Waals surface area contributed by atoms with Gasteiger partial charge in [-0.05, 0) is 31.1 Å². The summed E-state index contributed by atoms with van der Waals surface area (Å²) in [6.45, 7) is 11.4. The molecule has 66 heavy (non-hydrogen) atoms. The number of esters is 3. The van der Waals surface area contributed by atoms with Gasteiger partial charge in [-0.3, -0.25) is 14.4 Å². The van der Waals surface area contributed by atoms with E-state index in [1.54, 1.807) is 0 Å². The molecule has 1 unspecified atom stereocenters. The predicted molar refractivity (Wildman–Crippen MR) is 284 cm³/mol. The molecule has 0 saturated heterocycles. The van der Waals surface area contributed by atoms with Crippen LogP contribution in [0.2, 0.25) is 0 Å². The summed E-state index contributed by atoms with van der Waals surface area (Å²) in [6.07, 6.45) is 56.7. The lowest BCUT2D eigenvalue weighted by molar-refractivity contribution is -0.167. The molecule has 0 fully saturated rings. The van der Waals surface area contributed by atoms with Crippen molar-refractivity contribution >= 4 is 17.9 Å². The average Bonchev–Trinajstić information content (AvgIpc) is 3.30. The summed E-state index contributed by atoms with van der Waals surface area (Å²) in [7, 11) is 0. The summed E-state index contributed by atoms with van der Waals surface area (Å²) in [6, 6.07) is 0. The number of ether oxygens (including phenoxy) is 3. The van der Waals surface area contributed by atoms with Crippen molar-refractivity contribution in [1.29, 1.82) is 0 Å². The van der Waals surface area contributed by atoms with Crippen LogP contribution in [-0.2, 0) is 28.6 Å². The second-order valence-electron chi connectivity index (χ2n) is 21.4. The monoisotopic (exact) mass is 933 g/mol. The molecule has 0 radical (unpaired) electrons. The van der Waals surface area contributed by atoms with E-state index in [4.69, 9.17) is 14.2 Å². The molecule has 392 valence electrons. The normalized spacial score (nSPS) is 12.5. The van der Waals surface area contributed by atoms with E-state index in [0.29, 0.717) is 19.3 Å². The van der Waals surface area contributed by atoms with Gasteiger partial charge in [0.1, 0.15) is 13.2 Å². The first kappa shape index (κ1) is 64.4. The van der Waals surface area contributed by atoms with Crippen LogP contribution in [0.3, 0.4) is 0 Å². The molecule has 0 N–H and O–H groups in total. The first-order valence-corrected chi connectivity index (χ1v) is 29.8. The highest BCUT2D eigenvalue weighted by Gasteiger charge is 2.19. The van der Waals surface area contributed by atoms with Gasteiger partial charge in [-0.1, -0.05) is 298 Å². The smallest absolute Gasteiger partial charge is 0.306 e. The fourth-order valence-electron chi connectivity index (χ4n) is 9.20. The van der Waals surface area contributed by atoms with E-state index in [-0.39, 0.29) is 31.1 Å². The number of carbonyl (C=O) groups excluding carboxylic acids is 3. The van der Waals surface area contributed by atoms with Crippen LogP contribution in [0.5, 0.6) is 0 Å². The molecule has 6 heteroatoms. The Balaban J connectivity index is 4.25. The fraction of sp³-hybridized carbons (Fsp3) is 0.950. The molecule has 0 bridgehead atoms. The Bertz CT molecular complexity index is 1010. The molecule has 0 amide bonds. The minimum absolute atomic E-state index is 0.0630. The minimum atomic E-state index is -0.763. The van der Waals surface area contributed by atoms with Gasteiger partial charge in [0, 0.05) is 19.3 Å². The molecule has 0 spiro atoms. The lowest BCUT2D eigenvalue weighted by atomic mass is 9.99. The summed E-state index contributed by atoms with van der Waals surface area (Å²) in [5.41, 5.74) is 0. The molecular weight excluding hydrogens is 817 g/mol. The van der Waals surface area contributed by atoms with Crippen LogP contribution in [0.25, 0.3) is 0 Å². The van der Waals surface area contributed by atoms with Crippen molar-refractivity contribution < 1.29 is 28.6 Å². The first-order valence-electron chi connectivity index (χ1n) is 29.8. The van der Waals surface area contributed by atoms with E-state index in [1.807, 2.05) is 0 Å². The zero-order valence-corrected chi connectivity index (χ0v) is 45.3. The van der Waals surface area contributed by atoms with E-state index in [2.05, 4.69) is 34.6 Å². The maximum absolute atomic E-state index is 12.9. The van der Waals surface area contributed by atoms with E-state index < -0.39 is 6.10 Å². The van der Waals surface area contributed by atoms with Gasteiger partial charge in [-0.25, -0.2) is 0 Å². The minimum Gasteiger partial charge on any atom is -0.462 e. The Hall–Kier alpha value is -1.59. The Kier molecular flexibility index (Phi) is 51.5. The van der Waals surface area contributed by atoms with Gasteiger partial charge in [0.05, 0.1) is 0 Å². The molecule has 6 nitrogen and oxygen atoms in total. The zero-order chi connectivity index (χ0) is 48.2. The number of rotatable bonds is 54. The van der Waals surface area contributed by atoms with E-state index in [1.165, 1.54) is 225 Å². The molecule has 0 aliphatic rings. The lowest BCUT2D eigenvalue weighted by Crippen LogP contribution is -2.30. The van der Waals surface area contributed by atoms with Crippen LogP contribution in [0.4, 0.5) is 0 Å². The van der Waals surface area contributed by atoms with Crippen molar-refractivity contribution in [3.63, 3.8) is 0 Å². The van der Waals surface area contributed by atoms with E-state index in [0.717, 1.165) is 69.6 Å². The third-order valence-corrected chi connectivity index (χ3v) is 14.1. The standard InChI is InChI=1S/C60H116O6/c1-6-8-9-10-11-12-13-14-15-16-17-18-19-24-27-30-37-42-47-52-60(63)66-57(54-65-59(62)51-46-41-36-32-31-33-38-43-48-55(3)4)53-64-58(61)50-45-40-35-29-26-23-21-20-22-25-28-34-39-44-49-56(5)7-2/h55-57H,6-54H2,1-5H3/t56?,57-/m0/s1. The van der Waals surface area contributed by atoms with E-state index in [9.17, 15) is 14.4 Å². The maximum atomic E-state index is 12.9. The Morgan fingerprint density at radius 2 is 0.576 bits per heavy atom. The molecule has 0 aromatic carbocycles. The average molecular weight is 934 g/mol. The highest BCUT2D eigenvalue weighted by molar-refractivity contribution is 5.71. The topological polar surface area (TPSA) is 78.9 Å². The van der Waals surface area contributed by atoms with Gasteiger partial charge in [-0.2, -0.15) is 0 Å². The van der Waals surface area contributed by atoms with Crippen LogP contribution >= 0.6 is 0 Å². The maximum Gasteiger partial charge on any atom is 0.306 e. The van der Waals surface area contributed by atoms with Crippen molar-refractivity contribution in [3.05, 3.63) is 0 Å². The predicted octanol–water partition coefficient (Wildman–Crippen LogP) is 19.7. The van der Waals surface area contributed by atoms with Crippen LogP contribution in [-0.4, -0.2) is 37.2 Å². The first-order chi connectivity index (χ1) is 32.3.